The van der Waals surface area contributed by atoms with Crippen molar-refractivity contribution in [1.29, 1.82) is 0 Å². The third-order valence-electron chi connectivity index (χ3n) is 11.4. The molecule has 8 rings (SSSR count). The molecule has 2 aromatic heterocycles. The molecule has 8 atom stereocenters. The molecule has 2 spiro atoms. The number of pyridine rings is 1. The molecule has 0 unspecified atom stereocenters. The second-order valence-corrected chi connectivity index (χ2v) is 13.0. The highest BCUT2D eigenvalue weighted by Crippen LogP contribution is 2.75. The van der Waals surface area contributed by atoms with Crippen LogP contribution in [0.25, 0.3) is 11.3 Å². The Morgan fingerprint density at radius 2 is 1.92 bits per heavy atom. The molecule has 3 aliphatic carbocycles. The van der Waals surface area contributed by atoms with Crippen LogP contribution in [0.15, 0.2) is 51.5 Å². The summed E-state index contributed by atoms with van der Waals surface area (Å²) in [5.74, 6) is -0.744. The summed E-state index contributed by atoms with van der Waals surface area (Å²) in [6.45, 7) is 8.44. The van der Waals surface area contributed by atoms with E-state index in [9.17, 15) is 20.1 Å². The molecule has 2 bridgehead atoms. The zero-order valence-electron chi connectivity index (χ0n) is 22.2. The predicted molar refractivity (Wildman–Crippen MR) is 137 cm³/mol. The molecule has 3 N–H and O–H groups in total. The van der Waals surface area contributed by atoms with Crippen LogP contribution in [0.2, 0.25) is 0 Å². The highest BCUT2D eigenvalue weighted by molar-refractivity contribution is 5.60. The summed E-state index contributed by atoms with van der Waals surface area (Å²) in [7, 11) is 0. The van der Waals surface area contributed by atoms with Gasteiger partial charge in [0.1, 0.15) is 23.2 Å². The number of fused-ring (bicyclic) bond motifs is 5. The predicted octanol–water partition coefficient (Wildman–Crippen LogP) is 3.74. The third kappa shape index (κ3) is 2.60. The lowest BCUT2D eigenvalue weighted by Gasteiger charge is -2.73. The molecule has 0 aromatic carbocycles. The van der Waals surface area contributed by atoms with Crippen LogP contribution < -0.4 is 10.4 Å². The largest absolute Gasteiger partial charge is 0.478 e. The van der Waals surface area contributed by atoms with Crippen LogP contribution in [0.4, 0.5) is 0 Å². The van der Waals surface area contributed by atoms with E-state index >= 15 is 0 Å². The minimum atomic E-state index is -1.26. The van der Waals surface area contributed by atoms with E-state index < -0.39 is 45.5 Å². The first-order valence-corrected chi connectivity index (χ1v) is 13.6. The van der Waals surface area contributed by atoms with Gasteiger partial charge in [0, 0.05) is 52.6 Å². The molecule has 2 saturated carbocycles. The standard InChI is InChI=1S/C30H35NO7/c1-16-12-18(32)23-27(4,8-7-21-26(2,3)29(35)10-9-28(21,23)15-36-29)30(16)24(33)22-20(38-30)13-19(37-25(22)34)17-6-5-11-31-14-17/h5-6,11-14,18,21,23-24,32-33,35H,7-10,15H2,1-4H3/t18-,21-,23-,24-,27+,28+,29-,30+/m0/s1. The molecule has 38 heavy (non-hydrogen) atoms. The summed E-state index contributed by atoms with van der Waals surface area (Å²) >= 11 is 0. The normalized spacial score (nSPS) is 44.1. The number of hydrogen-bond acceptors (Lipinski definition) is 8. The van der Waals surface area contributed by atoms with E-state index in [4.69, 9.17) is 13.9 Å². The van der Waals surface area contributed by atoms with Gasteiger partial charge in [0.2, 0.25) is 0 Å². The Bertz CT molecular complexity index is 1410. The summed E-state index contributed by atoms with van der Waals surface area (Å²) in [4.78, 5) is 17.4. The fourth-order valence-electron chi connectivity index (χ4n) is 9.60. The molecular weight excluding hydrogens is 486 g/mol. The van der Waals surface area contributed by atoms with Gasteiger partial charge in [-0.25, -0.2) is 4.79 Å². The quantitative estimate of drug-likeness (QED) is 0.485. The zero-order valence-corrected chi connectivity index (χ0v) is 22.2. The molecule has 0 amide bonds. The molecule has 2 saturated heterocycles. The topological polar surface area (TPSA) is 122 Å². The number of aromatic nitrogens is 1. The summed E-state index contributed by atoms with van der Waals surface area (Å²) in [5.41, 5.74) is -2.07. The first kappa shape index (κ1) is 24.5. The molecule has 202 valence electrons. The first-order chi connectivity index (χ1) is 17.9. The lowest BCUT2D eigenvalue weighted by molar-refractivity contribution is -0.401. The van der Waals surface area contributed by atoms with Crippen LogP contribution >= 0.6 is 0 Å². The third-order valence-corrected chi connectivity index (χ3v) is 11.4. The van der Waals surface area contributed by atoms with Crippen LogP contribution in [-0.2, 0) is 4.74 Å². The minimum absolute atomic E-state index is 0.111. The Labute approximate surface area is 221 Å². The van der Waals surface area contributed by atoms with E-state index in [1.807, 2.05) is 6.92 Å². The number of rotatable bonds is 1. The molecule has 0 radical (unpaired) electrons. The number of ether oxygens (including phenoxy) is 2. The summed E-state index contributed by atoms with van der Waals surface area (Å²) < 4.78 is 18.6. The van der Waals surface area contributed by atoms with Crippen LogP contribution in [0.5, 0.6) is 5.75 Å². The lowest BCUT2D eigenvalue weighted by atomic mass is 9.36. The van der Waals surface area contributed by atoms with Gasteiger partial charge in [0.15, 0.2) is 11.4 Å². The SMILES string of the molecule is CC1=C[C@H](O)[C@@H]2[C@]34CC[C@](O)(OC3)C(C)(C)[C@@H]4CC[C@@]2(C)[C@@]12Oc1cc(-c3cccnc3)oc(=O)c1[C@@H]2O. The fourth-order valence-corrected chi connectivity index (χ4v) is 9.60. The fraction of sp³-hybridized carbons (Fsp3) is 0.600. The average molecular weight is 522 g/mol. The van der Waals surface area contributed by atoms with Gasteiger partial charge < -0.3 is 29.2 Å². The Morgan fingerprint density at radius 1 is 1.13 bits per heavy atom. The number of aliphatic hydroxyl groups is 3. The van der Waals surface area contributed by atoms with E-state index in [1.165, 1.54) is 0 Å². The van der Waals surface area contributed by atoms with Crippen molar-refractivity contribution < 1.29 is 29.2 Å². The lowest BCUT2D eigenvalue weighted by Crippen LogP contribution is -2.76. The van der Waals surface area contributed by atoms with Crippen molar-refractivity contribution in [2.45, 2.75) is 77.0 Å². The Kier molecular flexibility index (Phi) is 4.75. The summed E-state index contributed by atoms with van der Waals surface area (Å²) in [6, 6.07) is 5.23. The van der Waals surface area contributed by atoms with Crippen molar-refractivity contribution in [2.24, 2.45) is 28.1 Å². The van der Waals surface area contributed by atoms with Gasteiger partial charge in [-0.3, -0.25) is 4.98 Å². The van der Waals surface area contributed by atoms with Gasteiger partial charge in [-0.15, -0.1) is 0 Å². The van der Waals surface area contributed by atoms with E-state index in [-0.39, 0.29) is 17.4 Å². The van der Waals surface area contributed by atoms with Crippen molar-refractivity contribution in [1.82, 2.24) is 4.98 Å². The zero-order chi connectivity index (χ0) is 26.9. The van der Waals surface area contributed by atoms with Gasteiger partial charge in [-0.2, -0.15) is 0 Å². The highest BCUT2D eigenvalue weighted by atomic mass is 16.6. The maximum Gasteiger partial charge on any atom is 0.346 e. The van der Waals surface area contributed by atoms with Crippen LogP contribution in [-0.4, -0.2) is 44.4 Å². The molecule has 5 heterocycles. The maximum atomic E-state index is 13.3. The van der Waals surface area contributed by atoms with Gasteiger partial charge in [-0.05, 0) is 49.8 Å². The monoisotopic (exact) mass is 521 g/mol. The molecule has 3 aliphatic heterocycles. The smallest absolute Gasteiger partial charge is 0.346 e. The molecule has 6 aliphatic rings. The number of hydrogen-bond donors (Lipinski definition) is 3. The molecular formula is C30H35NO7. The van der Waals surface area contributed by atoms with Crippen LogP contribution in [0, 0.1) is 28.1 Å². The van der Waals surface area contributed by atoms with E-state index in [0.29, 0.717) is 48.5 Å². The molecule has 8 heteroatoms. The second-order valence-electron chi connectivity index (χ2n) is 13.0. The molecule has 4 fully saturated rings. The van der Waals surface area contributed by atoms with Crippen LogP contribution in [0.1, 0.15) is 65.0 Å². The van der Waals surface area contributed by atoms with Crippen LogP contribution in [0.3, 0.4) is 0 Å². The molecule has 8 nitrogen and oxygen atoms in total. The first-order valence-electron chi connectivity index (χ1n) is 13.6. The van der Waals surface area contributed by atoms with Crippen molar-refractivity contribution in [3.63, 3.8) is 0 Å². The van der Waals surface area contributed by atoms with Gasteiger partial charge in [-0.1, -0.05) is 26.8 Å². The number of nitrogens with zero attached hydrogens (tertiary/aromatic N) is 1. The van der Waals surface area contributed by atoms with E-state index in [1.54, 1.807) is 36.7 Å². The summed E-state index contributed by atoms with van der Waals surface area (Å²) in [6.07, 6.45) is 5.66. The van der Waals surface area contributed by atoms with E-state index in [0.717, 1.165) is 6.42 Å². The Balaban J connectivity index is 1.39. The Hall–Kier alpha value is -2.52. The Morgan fingerprint density at radius 3 is 2.61 bits per heavy atom. The van der Waals surface area contributed by atoms with Crippen molar-refractivity contribution in [2.75, 3.05) is 6.61 Å². The average Bonchev–Trinajstić information content (AvgIpc) is 3.18. The maximum absolute atomic E-state index is 13.3. The minimum Gasteiger partial charge on any atom is -0.478 e. The van der Waals surface area contributed by atoms with E-state index in [2.05, 4.69) is 25.8 Å². The van der Waals surface area contributed by atoms with Gasteiger partial charge in [0.05, 0.1) is 12.7 Å². The number of aliphatic hydroxyl groups excluding tert-OH is 2. The van der Waals surface area contributed by atoms with Crippen molar-refractivity contribution >= 4 is 0 Å². The summed E-state index contributed by atoms with van der Waals surface area (Å²) in [5, 5.41) is 35.0. The van der Waals surface area contributed by atoms with Gasteiger partial charge in [0.25, 0.3) is 0 Å². The van der Waals surface area contributed by atoms with Gasteiger partial charge >= 0.3 is 5.63 Å². The second kappa shape index (κ2) is 7.36. The van der Waals surface area contributed by atoms with Crippen molar-refractivity contribution in [3.05, 3.63) is 58.2 Å². The van der Waals surface area contributed by atoms with Crippen molar-refractivity contribution in [3.8, 4) is 17.1 Å². The highest BCUT2D eigenvalue weighted by Gasteiger charge is 2.77. The molecule has 2 aromatic rings.